The minimum atomic E-state index is -0.538. The van der Waals surface area contributed by atoms with Crippen LogP contribution in [0.2, 0.25) is 0 Å². The molecule has 1 unspecified atom stereocenters. The van der Waals surface area contributed by atoms with Gasteiger partial charge in [-0.3, -0.25) is 0 Å². The number of hydrogen-bond acceptors (Lipinski definition) is 4. The summed E-state index contributed by atoms with van der Waals surface area (Å²) in [7, 11) is 0. The number of oxime groups is 1. The van der Waals surface area contributed by atoms with Crippen molar-refractivity contribution in [2.75, 3.05) is 13.2 Å². The Morgan fingerprint density at radius 2 is 2.25 bits per heavy atom. The molecule has 1 saturated heterocycles. The average Bonchev–Trinajstić information content (AvgIpc) is 2.73. The van der Waals surface area contributed by atoms with E-state index in [4.69, 9.17) is 9.57 Å². The number of fused-ring (bicyclic) bond motifs is 2. The Morgan fingerprint density at radius 3 is 3.00 bits per heavy atom. The molecule has 3 aliphatic rings. The van der Waals surface area contributed by atoms with Crippen LogP contribution in [0.5, 0.6) is 0 Å². The second-order valence-corrected chi connectivity index (χ2v) is 3.78. The van der Waals surface area contributed by atoms with Gasteiger partial charge in [0.15, 0.2) is 0 Å². The molecule has 0 bridgehead atoms. The minimum absolute atomic E-state index is 0.0727. The van der Waals surface area contributed by atoms with Gasteiger partial charge < -0.3 is 14.7 Å². The molecule has 2 fully saturated rings. The first-order valence-corrected chi connectivity index (χ1v) is 4.34. The summed E-state index contributed by atoms with van der Waals surface area (Å²) < 4.78 is 5.26. The number of hydrogen-bond donors (Lipinski definition) is 1. The maximum Gasteiger partial charge on any atom is 0.148 e. The molecule has 2 atom stereocenters. The van der Waals surface area contributed by atoms with Gasteiger partial charge in [-0.15, -0.1) is 0 Å². The molecule has 1 aliphatic carbocycles. The summed E-state index contributed by atoms with van der Waals surface area (Å²) in [5.41, 5.74) is 0.732. The Hall–Kier alpha value is -0.610. The normalized spacial score (nSPS) is 41.9. The third-order valence-electron chi connectivity index (χ3n) is 2.97. The van der Waals surface area contributed by atoms with Crippen LogP contribution in [0.1, 0.15) is 12.8 Å². The van der Waals surface area contributed by atoms with Crippen molar-refractivity contribution in [1.82, 2.24) is 0 Å². The van der Waals surface area contributed by atoms with Gasteiger partial charge in [-0.1, -0.05) is 5.16 Å². The van der Waals surface area contributed by atoms with Crippen molar-refractivity contribution in [2.24, 2.45) is 11.1 Å². The quantitative estimate of drug-likeness (QED) is 0.551. The lowest BCUT2D eigenvalue weighted by Crippen LogP contribution is -2.43. The monoisotopic (exact) mass is 169 g/mol. The minimum Gasteiger partial charge on any atom is -0.388 e. The van der Waals surface area contributed by atoms with Crippen LogP contribution in [-0.2, 0) is 9.57 Å². The third-order valence-corrected chi connectivity index (χ3v) is 2.97. The standard InChI is InChI=1S/C8H11NO3/c10-6-4-11-3-5-7(6)9-12-8(5)1-2-8/h5-6,10H,1-4H2/t5?,6-/m0/s1. The summed E-state index contributed by atoms with van der Waals surface area (Å²) in [5.74, 6) is 0.223. The van der Waals surface area contributed by atoms with Crippen LogP contribution in [0.25, 0.3) is 0 Å². The van der Waals surface area contributed by atoms with Crippen molar-refractivity contribution < 1.29 is 14.7 Å². The van der Waals surface area contributed by atoms with Crippen LogP contribution >= 0.6 is 0 Å². The summed E-state index contributed by atoms with van der Waals surface area (Å²) in [6.07, 6.45) is 1.57. The summed E-state index contributed by atoms with van der Waals surface area (Å²) in [4.78, 5) is 5.32. The van der Waals surface area contributed by atoms with Crippen LogP contribution in [0.4, 0.5) is 0 Å². The molecular formula is C8H11NO3. The van der Waals surface area contributed by atoms with Gasteiger partial charge in [-0.2, -0.15) is 0 Å². The van der Waals surface area contributed by atoms with Crippen molar-refractivity contribution in [1.29, 1.82) is 0 Å². The van der Waals surface area contributed by atoms with E-state index >= 15 is 0 Å². The van der Waals surface area contributed by atoms with Gasteiger partial charge in [0.2, 0.25) is 0 Å². The predicted molar refractivity (Wildman–Crippen MR) is 40.8 cm³/mol. The molecule has 1 spiro atoms. The zero-order chi connectivity index (χ0) is 8.18. The van der Waals surface area contributed by atoms with E-state index in [1.165, 1.54) is 0 Å². The molecule has 0 radical (unpaired) electrons. The van der Waals surface area contributed by atoms with E-state index in [9.17, 15) is 5.11 Å². The van der Waals surface area contributed by atoms with Crippen LogP contribution in [-0.4, -0.2) is 35.7 Å². The average molecular weight is 169 g/mol. The predicted octanol–water partition coefficient (Wildman–Crippen LogP) is -0.0875. The van der Waals surface area contributed by atoms with Gasteiger partial charge in [0.25, 0.3) is 0 Å². The van der Waals surface area contributed by atoms with Gasteiger partial charge in [0.1, 0.15) is 11.7 Å². The fourth-order valence-corrected chi connectivity index (χ4v) is 2.02. The van der Waals surface area contributed by atoms with Gasteiger partial charge >= 0.3 is 0 Å². The number of aliphatic hydroxyl groups is 1. The van der Waals surface area contributed by atoms with Crippen molar-refractivity contribution in [3.05, 3.63) is 0 Å². The van der Waals surface area contributed by atoms with Crippen LogP contribution in [0, 0.1) is 5.92 Å². The first-order chi connectivity index (χ1) is 5.82. The SMILES string of the molecule is O[C@H]1COCC2C1=NOC21CC1. The molecule has 0 aromatic carbocycles. The smallest absolute Gasteiger partial charge is 0.148 e. The molecule has 3 rings (SSSR count). The van der Waals surface area contributed by atoms with Crippen LogP contribution in [0.3, 0.4) is 0 Å². The molecule has 0 aromatic rings. The molecule has 1 N–H and O–H groups in total. The zero-order valence-electron chi connectivity index (χ0n) is 6.69. The summed E-state index contributed by atoms with van der Waals surface area (Å²) >= 11 is 0. The number of aliphatic hydroxyl groups excluding tert-OH is 1. The van der Waals surface area contributed by atoms with Crippen molar-refractivity contribution in [3.8, 4) is 0 Å². The Bertz CT molecular complexity index is 247. The second kappa shape index (κ2) is 2.00. The molecule has 4 nitrogen and oxygen atoms in total. The zero-order valence-corrected chi connectivity index (χ0v) is 6.69. The van der Waals surface area contributed by atoms with Crippen molar-refractivity contribution in [2.45, 2.75) is 24.5 Å². The Kier molecular flexibility index (Phi) is 1.14. The first-order valence-electron chi connectivity index (χ1n) is 4.34. The lowest BCUT2D eigenvalue weighted by molar-refractivity contribution is -0.0127. The molecule has 1 saturated carbocycles. The topological polar surface area (TPSA) is 51.0 Å². The third kappa shape index (κ3) is 0.716. The summed E-state index contributed by atoms with van der Waals surface area (Å²) in [6, 6.07) is 0. The van der Waals surface area contributed by atoms with E-state index in [0.717, 1.165) is 18.6 Å². The van der Waals surface area contributed by atoms with E-state index in [2.05, 4.69) is 5.16 Å². The molecule has 66 valence electrons. The van der Waals surface area contributed by atoms with Gasteiger partial charge in [-0.05, 0) is 12.8 Å². The highest BCUT2D eigenvalue weighted by atomic mass is 16.7. The molecule has 2 aliphatic heterocycles. The molecule has 4 heteroatoms. The molecule has 12 heavy (non-hydrogen) atoms. The largest absolute Gasteiger partial charge is 0.388 e. The Labute approximate surface area is 70.1 Å². The van der Waals surface area contributed by atoms with Crippen LogP contribution < -0.4 is 0 Å². The fourth-order valence-electron chi connectivity index (χ4n) is 2.02. The summed E-state index contributed by atoms with van der Waals surface area (Å²) in [5, 5.41) is 13.4. The lowest BCUT2D eigenvalue weighted by atomic mass is 9.91. The van der Waals surface area contributed by atoms with E-state index in [-0.39, 0.29) is 11.5 Å². The molecule has 0 aromatic heterocycles. The van der Waals surface area contributed by atoms with E-state index < -0.39 is 6.10 Å². The van der Waals surface area contributed by atoms with E-state index in [1.807, 2.05) is 0 Å². The highest BCUT2D eigenvalue weighted by Gasteiger charge is 2.60. The Balaban J connectivity index is 1.90. The fraction of sp³-hybridized carbons (Fsp3) is 0.875. The van der Waals surface area contributed by atoms with E-state index in [0.29, 0.717) is 13.2 Å². The molecule has 2 heterocycles. The van der Waals surface area contributed by atoms with Gasteiger partial charge in [0.05, 0.1) is 24.8 Å². The lowest BCUT2D eigenvalue weighted by Gasteiger charge is -2.25. The van der Waals surface area contributed by atoms with Crippen molar-refractivity contribution >= 4 is 5.71 Å². The molecule has 0 amide bonds. The maximum absolute atomic E-state index is 9.50. The van der Waals surface area contributed by atoms with Crippen molar-refractivity contribution in [3.63, 3.8) is 0 Å². The van der Waals surface area contributed by atoms with Crippen LogP contribution in [0.15, 0.2) is 5.16 Å². The highest BCUT2D eigenvalue weighted by Crippen LogP contribution is 2.51. The molecular weight excluding hydrogens is 158 g/mol. The number of rotatable bonds is 0. The van der Waals surface area contributed by atoms with Gasteiger partial charge in [0, 0.05) is 0 Å². The summed E-state index contributed by atoms with van der Waals surface area (Å²) in [6.45, 7) is 1.03. The highest BCUT2D eigenvalue weighted by molar-refractivity contribution is 5.93. The number of ether oxygens (including phenoxy) is 1. The van der Waals surface area contributed by atoms with Gasteiger partial charge in [-0.25, -0.2) is 0 Å². The second-order valence-electron chi connectivity index (χ2n) is 3.78. The number of nitrogens with zero attached hydrogens (tertiary/aromatic N) is 1. The maximum atomic E-state index is 9.50. The Morgan fingerprint density at radius 1 is 1.42 bits per heavy atom. The van der Waals surface area contributed by atoms with E-state index in [1.54, 1.807) is 0 Å². The first kappa shape index (κ1) is 6.86.